The summed E-state index contributed by atoms with van der Waals surface area (Å²) in [4.78, 5) is 17.2. The molecule has 2 aliphatic rings. The van der Waals surface area contributed by atoms with Crippen molar-refractivity contribution in [3.63, 3.8) is 0 Å². The quantitative estimate of drug-likeness (QED) is 0.726. The molecule has 1 saturated heterocycles. The van der Waals surface area contributed by atoms with Crippen LogP contribution in [0, 0.1) is 25.7 Å². The highest BCUT2D eigenvalue weighted by Gasteiger charge is 2.43. The smallest absolute Gasteiger partial charge is 0.320 e. The van der Waals surface area contributed by atoms with Gasteiger partial charge in [-0.3, -0.25) is 9.69 Å². The Morgan fingerprint density at radius 1 is 1.32 bits per heavy atom. The molecule has 2 N–H and O–H groups in total. The summed E-state index contributed by atoms with van der Waals surface area (Å²) in [6.45, 7) is 13.4. The fourth-order valence-corrected chi connectivity index (χ4v) is 4.42. The van der Waals surface area contributed by atoms with Crippen LogP contribution in [0.2, 0.25) is 0 Å². The Morgan fingerprint density at radius 2 is 2.06 bits per heavy atom. The molecule has 170 valence electrons. The van der Waals surface area contributed by atoms with Gasteiger partial charge in [0.15, 0.2) is 0 Å². The topological polar surface area (TPSA) is 94.7 Å². The Hall–Kier alpha value is -2.45. The molecule has 0 spiro atoms. The van der Waals surface area contributed by atoms with Gasteiger partial charge >= 0.3 is 6.01 Å². The van der Waals surface area contributed by atoms with E-state index in [1.165, 1.54) is 5.56 Å². The Morgan fingerprint density at radius 3 is 2.68 bits per heavy atom. The maximum Gasteiger partial charge on any atom is 0.320 e. The number of nitrogens with zero attached hydrogens (tertiary/aromatic N) is 4. The van der Waals surface area contributed by atoms with Crippen LogP contribution in [0.1, 0.15) is 57.3 Å². The van der Waals surface area contributed by atoms with E-state index in [0.717, 1.165) is 49.4 Å². The molecule has 0 radical (unpaired) electrons. The van der Waals surface area contributed by atoms with Gasteiger partial charge in [-0.05, 0) is 62.8 Å². The lowest BCUT2D eigenvalue weighted by molar-refractivity contribution is -0.137. The molecule has 4 atom stereocenters. The summed E-state index contributed by atoms with van der Waals surface area (Å²) in [6.07, 6.45) is 0.246. The molecule has 1 aromatic carbocycles. The zero-order valence-electron chi connectivity index (χ0n) is 19.1. The number of rotatable bonds is 6. The number of benzene rings is 1. The number of piperazine rings is 1. The third kappa shape index (κ3) is 4.75. The number of hydrogen-bond donors (Lipinski definition) is 2. The number of amides is 1. The highest BCUT2D eigenvalue weighted by Crippen LogP contribution is 2.40. The highest BCUT2D eigenvalue weighted by molar-refractivity contribution is 5.82. The number of nitrogens with one attached hydrogen (secondary N) is 1. The van der Waals surface area contributed by atoms with Gasteiger partial charge in [0.2, 0.25) is 11.8 Å². The van der Waals surface area contributed by atoms with E-state index in [0.29, 0.717) is 11.8 Å². The third-order valence-electron chi connectivity index (χ3n) is 6.51. The molecule has 2 heterocycles. The van der Waals surface area contributed by atoms with Crippen molar-refractivity contribution in [2.75, 3.05) is 25.0 Å². The lowest BCUT2D eigenvalue weighted by atomic mass is 10.0. The van der Waals surface area contributed by atoms with E-state index in [2.05, 4.69) is 65.1 Å². The van der Waals surface area contributed by atoms with Crippen LogP contribution in [0.3, 0.4) is 0 Å². The van der Waals surface area contributed by atoms with Crippen molar-refractivity contribution < 1.29 is 15.7 Å². The summed E-state index contributed by atoms with van der Waals surface area (Å²) >= 11 is 0. The predicted octanol–water partition coefficient (Wildman–Crippen LogP) is 3.42. The molecule has 31 heavy (non-hydrogen) atoms. The van der Waals surface area contributed by atoms with Gasteiger partial charge in [-0.1, -0.05) is 18.1 Å². The summed E-state index contributed by atoms with van der Waals surface area (Å²) in [5, 5.41) is 20.6. The van der Waals surface area contributed by atoms with Crippen LogP contribution in [0.25, 0.3) is 0 Å². The molecule has 1 aromatic heterocycles. The Balaban J connectivity index is 0.00000289. The molecule has 8 heteroatoms. The maximum atomic E-state index is 12.7. The minimum Gasteiger partial charge on any atom is -0.405 e. The standard InChI is InChI=1S/C23H33N5O3.H2/c1-13-8-18(16(4)20(9-13)24-23-26-25-21(31-23)17(5)29)12-27-6-7-28(15(3)11-27)22(30)19-10-14(19)2;/h8-9,14-15,17,19,29H,6-7,10-12H2,1-5H3,(H,24,26);1H/t14?,15-,17+,19?;/m0./s1. The van der Waals surface area contributed by atoms with Crippen molar-refractivity contribution in [3.8, 4) is 0 Å². The van der Waals surface area contributed by atoms with E-state index in [4.69, 9.17) is 4.42 Å². The van der Waals surface area contributed by atoms with Gasteiger partial charge < -0.3 is 19.7 Å². The Bertz CT molecular complexity index is 963. The normalized spacial score (nSPS) is 24.8. The molecule has 1 saturated carbocycles. The molecule has 2 unspecified atom stereocenters. The lowest BCUT2D eigenvalue weighted by Crippen LogP contribution is -2.54. The van der Waals surface area contributed by atoms with E-state index in [-0.39, 0.29) is 25.3 Å². The molecule has 4 rings (SSSR count). The van der Waals surface area contributed by atoms with Crippen LogP contribution in [-0.2, 0) is 11.3 Å². The second-order valence-corrected chi connectivity index (χ2v) is 9.28. The number of hydrogen-bond acceptors (Lipinski definition) is 7. The van der Waals surface area contributed by atoms with Crippen LogP contribution < -0.4 is 5.32 Å². The van der Waals surface area contributed by atoms with Crippen molar-refractivity contribution in [3.05, 3.63) is 34.7 Å². The second kappa shape index (κ2) is 8.59. The molecule has 1 amide bonds. The third-order valence-corrected chi connectivity index (χ3v) is 6.51. The van der Waals surface area contributed by atoms with Gasteiger partial charge in [0, 0.05) is 45.3 Å². The molecular weight excluding hydrogens is 394 g/mol. The van der Waals surface area contributed by atoms with Crippen molar-refractivity contribution in [1.29, 1.82) is 0 Å². The Kier molecular flexibility index (Phi) is 6.03. The average molecular weight is 430 g/mol. The predicted molar refractivity (Wildman–Crippen MR) is 120 cm³/mol. The minimum absolute atomic E-state index is 0. The summed E-state index contributed by atoms with van der Waals surface area (Å²) in [7, 11) is 0. The van der Waals surface area contributed by atoms with Crippen LogP contribution >= 0.6 is 0 Å². The van der Waals surface area contributed by atoms with Gasteiger partial charge in [-0.2, -0.15) is 0 Å². The van der Waals surface area contributed by atoms with Crippen molar-refractivity contribution in [1.82, 2.24) is 20.0 Å². The monoisotopic (exact) mass is 429 g/mol. The molecule has 2 fully saturated rings. The van der Waals surface area contributed by atoms with Crippen LogP contribution in [0.5, 0.6) is 0 Å². The summed E-state index contributed by atoms with van der Waals surface area (Å²) < 4.78 is 5.48. The zero-order chi connectivity index (χ0) is 22.3. The number of carbonyl (C=O) groups is 1. The first-order valence-electron chi connectivity index (χ1n) is 11.1. The fraction of sp³-hybridized carbons (Fsp3) is 0.609. The Labute approximate surface area is 185 Å². The fourth-order valence-electron chi connectivity index (χ4n) is 4.42. The summed E-state index contributed by atoms with van der Waals surface area (Å²) in [5.41, 5.74) is 4.42. The van der Waals surface area contributed by atoms with Crippen molar-refractivity contribution in [2.45, 2.75) is 59.7 Å². The number of anilines is 2. The molecular formula is C23H35N5O3. The molecule has 8 nitrogen and oxygen atoms in total. The zero-order valence-corrected chi connectivity index (χ0v) is 19.1. The highest BCUT2D eigenvalue weighted by atomic mass is 16.4. The number of aliphatic hydroxyl groups excluding tert-OH is 1. The number of carbonyl (C=O) groups excluding carboxylic acids is 1. The second-order valence-electron chi connectivity index (χ2n) is 9.28. The first kappa shape index (κ1) is 21.8. The maximum absolute atomic E-state index is 12.7. The molecule has 1 aliphatic heterocycles. The van der Waals surface area contributed by atoms with Gasteiger partial charge in [0.05, 0.1) is 0 Å². The minimum atomic E-state index is -0.798. The van der Waals surface area contributed by atoms with Crippen LogP contribution in [0.15, 0.2) is 16.5 Å². The summed E-state index contributed by atoms with van der Waals surface area (Å²) in [5.74, 6) is 1.33. The first-order chi connectivity index (χ1) is 14.7. The first-order valence-corrected chi connectivity index (χ1v) is 11.1. The summed E-state index contributed by atoms with van der Waals surface area (Å²) in [6, 6.07) is 4.77. The molecule has 2 aromatic rings. The number of aryl methyl sites for hydroxylation is 1. The molecule has 1 aliphatic carbocycles. The van der Waals surface area contributed by atoms with E-state index < -0.39 is 6.10 Å². The van der Waals surface area contributed by atoms with E-state index in [9.17, 15) is 9.90 Å². The van der Waals surface area contributed by atoms with Gasteiger partial charge in [-0.15, -0.1) is 5.10 Å². The van der Waals surface area contributed by atoms with Gasteiger partial charge in [0.1, 0.15) is 6.10 Å². The van der Waals surface area contributed by atoms with Crippen LogP contribution in [-0.4, -0.2) is 56.7 Å². The van der Waals surface area contributed by atoms with Gasteiger partial charge in [-0.25, -0.2) is 0 Å². The average Bonchev–Trinajstić information content (AvgIpc) is 3.25. The van der Waals surface area contributed by atoms with E-state index >= 15 is 0 Å². The largest absolute Gasteiger partial charge is 0.405 e. The molecule has 0 bridgehead atoms. The SMILES string of the molecule is Cc1cc(CN2CCN(C(=O)C3CC3C)[C@@H](C)C2)c(C)c(Nc2nnc([C@@H](C)O)o2)c1.[HH]. The van der Waals surface area contributed by atoms with Crippen LogP contribution in [0.4, 0.5) is 11.7 Å². The van der Waals surface area contributed by atoms with E-state index in [1.807, 2.05) is 0 Å². The number of aromatic nitrogens is 2. The van der Waals surface area contributed by atoms with Gasteiger partial charge in [0.25, 0.3) is 0 Å². The number of aliphatic hydroxyl groups is 1. The lowest BCUT2D eigenvalue weighted by Gasteiger charge is -2.40. The van der Waals surface area contributed by atoms with Crippen molar-refractivity contribution >= 4 is 17.6 Å². The van der Waals surface area contributed by atoms with E-state index in [1.54, 1.807) is 6.92 Å². The van der Waals surface area contributed by atoms with Crippen molar-refractivity contribution in [2.24, 2.45) is 11.8 Å².